The molecule has 0 saturated heterocycles. The Bertz CT molecular complexity index is 541. The van der Waals surface area contributed by atoms with Gasteiger partial charge in [-0.15, -0.1) is 0 Å². The zero-order valence-corrected chi connectivity index (χ0v) is 15.1. The van der Waals surface area contributed by atoms with E-state index < -0.39 is 10.0 Å². The lowest BCUT2D eigenvalue weighted by atomic mass is 10.1. The van der Waals surface area contributed by atoms with E-state index in [4.69, 9.17) is 10.8 Å². The van der Waals surface area contributed by atoms with Crippen LogP contribution in [0.5, 0.6) is 0 Å². The molecule has 1 aromatic rings. The number of nitrogen functional groups attached to an aromatic ring is 1. The van der Waals surface area contributed by atoms with Gasteiger partial charge in [0.05, 0.1) is 0 Å². The zero-order valence-electron chi connectivity index (χ0n) is 11.1. The number of rotatable bonds is 7. The molecule has 1 rings (SSSR count). The van der Waals surface area contributed by atoms with E-state index in [-0.39, 0.29) is 17.4 Å². The van der Waals surface area contributed by atoms with Crippen molar-refractivity contribution in [3.63, 3.8) is 0 Å². The Morgan fingerprint density at radius 3 is 2.40 bits per heavy atom. The second-order valence-electron chi connectivity index (χ2n) is 4.64. The Kier molecular flexibility index (Phi) is 6.93. The maximum atomic E-state index is 12.2. The molecular weight excluding hydrogens is 412 g/mol. The molecule has 0 spiro atoms. The molecule has 0 aliphatic rings. The van der Waals surface area contributed by atoms with E-state index in [0.29, 0.717) is 27.6 Å². The van der Waals surface area contributed by atoms with Crippen molar-refractivity contribution in [1.29, 1.82) is 0 Å². The van der Waals surface area contributed by atoms with Crippen LogP contribution in [0.25, 0.3) is 0 Å². The molecule has 20 heavy (non-hydrogen) atoms. The van der Waals surface area contributed by atoms with Crippen molar-refractivity contribution in [3.8, 4) is 0 Å². The van der Waals surface area contributed by atoms with Gasteiger partial charge in [0.15, 0.2) is 0 Å². The number of hydrogen-bond acceptors (Lipinski definition) is 4. The molecule has 0 radical (unpaired) electrons. The van der Waals surface area contributed by atoms with Crippen molar-refractivity contribution >= 4 is 47.6 Å². The number of anilines is 1. The largest absolute Gasteiger partial charge is 0.399 e. The van der Waals surface area contributed by atoms with Crippen LogP contribution in [-0.4, -0.2) is 26.7 Å². The summed E-state index contributed by atoms with van der Waals surface area (Å²) in [6.07, 6.45) is 1.44. The molecule has 0 aromatic heterocycles. The van der Waals surface area contributed by atoms with Crippen LogP contribution < -0.4 is 10.5 Å². The van der Waals surface area contributed by atoms with Gasteiger partial charge in [-0.1, -0.05) is 6.92 Å². The maximum absolute atomic E-state index is 12.2. The number of benzene rings is 1. The average Bonchev–Trinajstić information content (AvgIpc) is 2.32. The molecule has 1 atom stereocenters. The minimum absolute atomic E-state index is 0.113. The van der Waals surface area contributed by atoms with Gasteiger partial charge in [-0.05, 0) is 62.8 Å². The molecule has 0 bridgehead atoms. The van der Waals surface area contributed by atoms with E-state index in [1.165, 1.54) is 0 Å². The second-order valence-corrected chi connectivity index (χ2v) is 8.05. The fourth-order valence-electron chi connectivity index (χ4n) is 1.66. The highest BCUT2D eigenvalue weighted by molar-refractivity contribution is 9.11. The summed E-state index contributed by atoms with van der Waals surface area (Å²) in [5, 5.41) is 8.91. The van der Waals surface area contributed by atoms with Crippen LogP contribution in [0.2, 0.25) is 0 Å². The van der Waals surface area contributed by atoms with E-state index in [9.17, 15) is 8.42 Å². The minimum atomic E-state index is -3.60. The first kappa shape index (κ1) is 17.9. The van der Waals surface area contributed by atoms with Crippen LogP contribution >= 0.6 is 31.9 Å². The normalized spacial score (nSPS) is 13.4. The number of nitrogens with two attached hydrogens (primary N) is 1. The van der Waals surface area contributed by atoms with Gasteiger partial charge >= 0.3 is 0 Å². The highest BCUT2D eigenvalue weighted by Crippen LogP contribution is 2.32. The van der Waals surface area contributed by atoms with Gasteiger partial charge in [0, 0.05) is 27.8 Å². The topological polar surface area (TPSA) is 92.4 Å². The molecule has 0 aliphatic carbocycles. The lowest BCUT2D eigenvalue weighted by molar-refractivity contribution is 0.228. The van der Waals surface area contributed by atoms with Gasteiger partial charge in [0.1, 0.15) is 4.90 Å². The standard InChI is InChI=1S/C12H18Br2N2O3S/c1-8(7-17)3-2-4-16-20(18,19)12-10(13)5-9(15)6-11(12)14/h5-6,8,16-17H,2-4,7,15H2,1H3. The number of halogens is 2. The van der Waals surface area contributed by atoms with Gasteiger partial charge in [-0.3, -0.25) is 0 Å². The smallest absolute Gasteiger partial charge is 0.242 e. The van der Waals surface area contributed by atoms with Crippen LogP contribution in [-0.2, 0) is 10.0 Å². The molecule has 114 valence electrons. The predicted molar refractivity (Wildman–Crippen MR) is 86.9 cm³/mol. The summed E-state index contributed by atoms with van der Waals surface area (Å²) in [5.41, 5.74) is 6.11. The molecule has 4 N–H and O–H groups in total. The monoisotopic (exact) mass is 428 g/mol. The molecule has 0 heterocycles. The summed E-state index contributed by atoms with van der Waals surface area (Å²) in [6.45, 7) is 2.36. The third kappa shape index (κ3) is 5.00. The molecule has 0 fully saturated rings. The summed E-state index contributed by atoms with van der Waals surface area (Å²) < 4.78 is 27.9. The second kappa shape index (κ2) is 7.74. The summed E-state index contributed by atoms with van der Waals surface area (Å²) in [6, 6.07) is 3.10. The molecule has 5 nitrogen and oxygen atoms in total. The third-order valence-corrected chi connectivity index (χ3v) is 6.10. The Morgan fingerprint density at radius 2 is 1.90 bits per heavy atom. The minimum Gasteiger partial charge on any atom is -0.399 e. The zero-order chi connectivity index (χ0) is 15.3. The Morgan fingerprint density at radius 1 is 1.35 bits per heavy atom. The van der Waals surface area contributed by atoms with Crippen LogP contribution in [0.1, 0.15) is 19.8 Å². The SMILES string of the molecule is CC(CO)CCCNS(=O)(=O)c1c(Br)cc(N)cc1Br. The van der Waals surface area contributed by atoms with Gasteiger partial charge < -0.3 is 10.8 Å². The van der Waals surface area contributed by atoms with Gasteiger partial charge in [0.2, 0.25) is 10.0 Å². The summed E-state index contributed by atoms with van der Waals surface area (Å²) >= 11 is 6.43. The highest BCUT2D eigenvalue weighted by Gasteiger charge is 2.21. The Balaban J connectivity index is 2.75. The summed E-state index contributed by atoms with van der Waals surface area (Å²) in [4.78, 5) is 0.141. The van der Waals surface area contributed by atoms with E-state index in [2.05, 4.69) is 36.6 Å². The summed E-state index contributed by atoms with van der Waals surface area (Å²) in [7, 11) is -3.60. The Hall–Kier alpha value is -0.150. The number of sulfonamides is 1. The first-order valence-electron chi connectivity index (χ1n) is 6.13. The predicted octanol–water partition coefficient (Wildman–Crippen LogP) is 2.48. The van der Waals surface area contributed by atoms with Crippen LogP contribution in [0.15, 0.2) is 26.0 Å². The lowest BCUT2D eigenvalue weighted by Crippen LogP contribution is -2.26. The van der Waals surface area contributed by atoms with E-state index in [1.54, 1.807) is 12.1 Å². The van der Waals surface area contributed by atoms with Gasteiger partial charge in [0.25, 0.3) is 0 Å². The van der Waals surface area contributed by atoms with E-state index in [0.717, 1.165) is 6.42 Å². The average molecular weight is 430 g/mol. The van der Waals surface area contributed by atoms with Gasteiger partial charge in [-0.25, -0.2) is 13.1 Å². The first-order valence-corrected chi connectivity index (χ1v) is 9.20. The quantitative estimate of drug-likeness (QED) is 0.458. The van der Waals surface area contributed by atoms with Crippen molar-refractivity contribution in [2.75, 3.05) is 18.9 Å². The van der Waals surface area contributed by atoms with E-state index in [1.807, 2.05) is 6.92 Å². The lowest BCUT2D eigenvalue weighted by Gasteiger charge is -2.12. The summed E-state index contributed by atoms with van der Waals surface area (Å²) in [5.74, 6) is 0.175. The molecule has 0 aliphatic heterocycles. The van der Waals surface area contributed by atoms with Crippen molar-refractivity contribution < 1.29 is 13.5 Å². The number of aliphatic hydroxyl groups is 1. The molecule has 8 heteroatoms. The molecule has 0 saturated carbocycles. The highest BCUT2D eigenvalue weighted by atomic mass is 79.9. The molecule has 0 amide bonds. The van der Waals surface area contributed by atoms with E-state index >= 15 is 0 Å². The number of hydrogen-bond donors (Lipinski definition) is 3. The van der Waals surface area contributed by atoms with Crippen molar-refractivity contribution in [2.45, 2.75) is 24.7 Å². The first-order chi connectivity index (χ1) is 9.27. The van der Waals surface area contributed by atoms with Crippen LogP contribution in [0, 0.1) is 5.92 Å². The van der Waals surface area contributed by atoms with Crippen LogP contribution in [0.4, 0.5) is 5.69 Å². The van der Waals surface area contributed by atoms with Crippen molar-refractivity contribution in [1.82, 2.24) is 4.72 Å². The molecule has 1 aromatic carbocycles. The van der Waals surface area contributed by atoms with Gasteiger partial charge in [-0.2, -0.15) is 0 Å². The van der Waals surface area contributed by atoms with Crippen molar-refractivity contribution in [2.24, 2.45) is 5.92 Å². The van der Waals surface area contributed by atoms with Crippen molar-refractivity contribution in [3.05, 3.63) is 21.1 Å². The van der Waals surface area contributed by atoms with Crippen LogP contribution in [0.3, 0.4) is 0 Å². The number of aliphatic hydroxyl groups excluding tert-OH is 1. The maximum Gasteiger partial charge on any atom is 0.242 e. The number of nitrogens with one attached hydrogen (secondary N) is 1. The fraction of sp³-hybridized carbons (Fsp3) is 0.500. The Labute approximate surface area is 136 Å². The molecular formula is C12H18Br2N2O3S. The fourth-order valence-corrected chi connectivity index (χ4v) is 5.35. The third-order valence-electron chi connectivity index (χ3n) is 2.77. The molecule has 1 unspecified atom stereocenters.